The number of rotatable bonds is 35. The fourth-order valence-corrected chi connectivity index (χ4v) is 19.1. The Bertz CT molecular complexity index is 6210. The lowest BCUT2D eigenvalue weighted by Crippen LogP contribution is -2.46. The first-order valence-electron chi connectivity index (χ1n) is 47.6. The highest BCUT2D eigenvalue weighted by Gasteiger charge is 2.50. The van der Waals surface area contributed by atoms with Gasteiger partial charge in [0.1, 0.15) is 63.2 Å². The monoisotopic (exact) mass is 1870 g/mol. The number of carbonyl (C=O) groups excluding carboxylic acids is 8. The second-order valence-electron chi connectivity index (χ2n) is 39.6. The molecule has 0 bridgehead atoms. The molecule has 24 nitrogen and oxygen atoms in total. The lowest BCUT2D eigenvalue weighted by atomic mass is 9.77. The van der Waals surface area contributed by atoms with Gasteiger partial charge in [-0.1, -0.05) is 177 Å². The quantitative estimate of drug-likeness (QED) is 0.0164. The SMILES string of the molecule is CC(=O)C[C@@H](CC(C)C)C(=O)N[C@@H](CC(C)C)C(=O)C[C@@H](Cc1ccc(O)cc1)C(=O)Nc1ccc2c(c1)Oc1cc(N)ccc1C21OCc2ccccc21.CC(=O)C[C@@H](CC(C)C)C(=O)N[C@@H](CC(C)C)C(=O)C[C@@H](Cc1ccc(OC(C)(C)C)cc1)C(=O)Nc1ccc2c(c1)Oc1cc(N)ccc1C2c1ccccc1CO.Nc1ccc2c(c1)Oc1cc(N)ccc1C2c1ccccc1CO. The van der Waals surface area contributed by atoms with Crippen molar-refractivity contribution >= 4 is 80.9 Å². The highest BCUT2D eigenvalue weighted by molar-refractivity contribution is 6.00. The molecule has 24 heteroatoms. The number of aliphatic hydroxyl groups is 2. The molecule has 15 rings (SSSR count). The van der Waals surface area contributed by atoms with Crippen molar-refractivity contribution in [2.45, 2.75) is 209 Å². The summed E-state index contributed by atoms with van der Waals surface area (Å²) in [6, 6.07) is 69.5. The van der Waals surface area contributed by atoms with Crippen LogP contribution in [0.3, 0.4) is 0 Å². The standard InChI is InChI=1S/C49H61N3O7.C45H51N3O7.C20H18N2O2/c1-29(2)21-34(23-31(5)54)48(57)52-42(22-30(3)4)43(55)25-35(24-32-13-17-38(18-14-32)59-49(6,7)8)47(56)51-37-16-20-41-45(27-37)58-44-26-36(50)15-19-40(44)46(41)39-12-10-9-11-33(39)28-53;1-26(2)18-31(20-28(5)49)44(53)48-39(19-27(3)4)40(51)22-32(21-29-10-14-35(50)15-11-29)43(52)47-34-13-17-38-42(24-34)55-41-23-33(46)12-16-37(41)45(38)36-9-7-6-8-30(36)25-54-45;21-13-5-7-16-18(9-13)24-19-10-14(22)6-8-17(19)20(16)15-4-2-1-3-12(15)11-23/h9-20,26-27,29-30,34-35,42,46,53H,21-25,28,50H2,1-8H3,(H,51,56)(H,52,57);6-17,23-24,26-27,31-32,39,50H,18-22,25,46H2,1-5H3,(H,47,52)(H,48,53);1-10,20,23H,11,21-22H2/t34-,35-,42+,46?;31-,32-,39+,45?;/m11./s1. The molecular weight excluding hydrogens is 1740 g/mol. The molecule has 15 N–H and O–H groups in total. The van der Waals surface area contributed by atoms with Crippen molar-refractivity contribution in [1.82, 2.24) is 10.6 Å². The van der Waals surface area contributed by atoms with E-state index in [1.54, 1.807) is 54.6 Å². The van der Waals surface area contributed by atoms with Crippen molar-refractivity contribution in [3.63, 3.8) is 0 Å². The van der Waals surface area contributed by atoms with E-state index in [0.717, 1.165) is 89.4 Å². The van der Waals surface area contributed by atoms with Crippen molar-refractivity contribution in [3.05, 3.63) is 308 Å². The summed E-state index contributed by atoms with van der Waals surface area (Å²) in [4.78, 5) is 108. The van der Waals surface area contributed by atoms with E-state index in [1.807, 2.05) is 246 Å². The molecule has 138 heavy (non-hydrogen) atoms. The van der Waals surface area contributed by atoms with E-state index in [4.69, 9.17) is 46.6 Å². The Balaban J connectivity index is 0.000000188. The van der Waals surface area contributed by atoms with Crippen LogP contribution in [0.2, 0.25) is 0 Å². The van der Waals surface area contributed by atoms with Gasteiger partial charge in [-0.3, -0.25) is 28.8 Å². The average Bonchev–Trinajstić information content (AvgIpc) is 1.51. The van der Waals surface area contributed by atoms with Gasteiger partial charge in [0.25, 0.3) is 0 Å². The first-order chi connectivity index (χ1) is 65.8. The number of benzene rings is 11. The number of nitrogen functional groups attached to an aromatic ring is 4. The molecule has 2 unspecified atom stereocenters. The summed E-state index contributed by atoms with van der Waals surface area (Å²) in [6.45, 7) is 25.0. The number of carbonyl (C=O) groups is 8. The topological polar surface area (TPSA) is 396 Å². The zero-order valence-corrected chi connectivity index (χ0v) is 81.0. The van der Waals surface area contributed by atoms with Gasteiger partial charge < -0.3 is 92.8 Å². The lowest BCUT2D eigenvalue weighted by Gasteiger charge is -2.37. The van der Waals surface area contributed by atoms with Gasteiger partial charge in [-0.15, -0.1) is 0 Å². The van der Waals surface area contributed by atoms with Crippen molar-refractivity contribution in [2.24, 2.45) is 47.3 Å². The number of hydrogen-bond donors (Lipinski definition) is 11. The third-order valence-electron chi connectivity index (χ3n) is 25.3. The fraction of sp³-hybridized carbons (Fsp3) is 0.351. The van der Waals surface area contributed by atoms with Gasteiger partial charge in [-0.05, 0) is 214 Å². The van der Waals surface area contributed by atoms with Crippen LogP contribution in [0.25, 0.3) is 0 Å². The second kappa shape index (κ2) is 44.9. The van der Waals surface area contributed by atoms with E-state index < -0.39 is 41.4 Å². The molecule has 0 fully saturated rings. The smallest absolute Gasteiger partial charge is 0.228 e. The van der Waals surface area contributed by atoms with Crippen LogP contribution in [0.1, 0.15) is 231 Å². The van der Waals surface area contributed by atoms with Crippen LogP contribution in [-0.4, -0.2) is 79.8 Å². The minimum atomic E-state index is -0.933. The van der Waals surface area contributed by atoms with Crippen LogP contribution >= 0.6 is 0 Å². The van der Waals surface area contributed by atoms with Gasteiger partial charge in [0, 0.05) is 165 Å². The number of Topliss-reactive ketones (excluding diaryl/α,β-unsaturated/α-hetero) is 4. The molecule has 1 spiro atoms. The fourth-order valence-electron chi connectivity index (χ4n) is 19.1. The Kier molecular flexibility index (Phi) is 33.0. The van der Waals surface area contributed by atoms with Gasteiger partial charge >= 0.3 is 0 Å². The van der Waals surface area contributed by atoms with Crippen LogP contribution in [0.4, 0.5) is 34.1 Å². The van der Waals surface area contributed by atoms with Crippen molar-refractivity contribution < 1.29 is 77.4 Å². The van der Waals surface area contributed by atoms with Crippen LogP contribution < -0.4 is 63.1 Å². The van der Waals surface area contributed by atoms with Gasteiger partial charge in [0.05, 0.1) is 31.9 Å². The van der Waals surface area contributed by atoms with Crippen LogP contribution in [-0.2, 0) is 81.4 Å². The minimum absolute atomic E-state index is 0.0118. The molecule has 0 aromatic heterocycles. The number of amides is 4. The van der Waals surface area contributed by atoms with Crippen LogP contribution in [0.5, 0.6) is 46.0 Å². The van der Waals surface area contributed by atoms with Crippen molar-refractivity contribution in [2.75, 3.05) is 33.6 Å². The number of ketones is 4. The summed E-state index contributed by atoms with van der Waals surface area (Å²) in [5.74, 6) is -0.175. The molecule has 4 aliphatic heterocycles. The van der Waals surface area contributed by atoms with Crippen LogP contribution in [0, 0.1) is 47.3 Å². The van der Waals surface area contributed by atoms with Gasteiger partial charge in [-0.2, -0.15) is 0 Å². The molecule has 0 aliphatic carbocycles. The van der Waals surface area contributed by atoms with Gasteiger partial charge in [0.15, 0.2) is 17.2 Å². The van der Waals surface area contributed by atoms with E-state index in [1.165, 1.54) is 13.8 Å². The van der Waals surface area contributed by atoms with Gasteiger partial charge in [0.2, 0.25) is 23.6 Å². The predicted octanol–water partition coefficient (Wildman–Crippen LogP) is 20.6. The van der Waals surface area contributed by atoms with E-state index in [2.05, 4.69) is 27.3 Å². The molecular formula is C114H130N8O16. The third-order valence-corrected chi connectivity index (χ3v) is 25.3. The lowest BCUT2D eigenvalue weighted by molar-refractivity contribution is -0.133. The summed E-state index contributed by atoms with van der Waals surface area (Å²) in [7, 11) is 0. The number of nitrogens with one attached hydrogen (secondary N) is 4. The van der Waals surface area contributed by atoms with E-state index in [9.17, 15) is 53.7 Å². The first-order valence-corrected chi connectivity index (χ1v) is 47.6. The number of ether oxygens (including phenoxy) is 5. The first kappa shape index (κ1) is 101. The maximum atomic E-state index is 14.4. The average molecular weight is 1870 g/mol. The van der Waals surface area contributed by atoms with Crippen molar-refractivity contribution in [3.8, 4) is 46.0 Å². The number of aromatic hydroxyl groups is 1. The molecule has 0 radical (unpaired) electrons. The molecule has 4 heterocycles. The molecule has 11 aromatic carbocycles. The summed E-state index contributed by atoms with van der Waals surface area (Å²) in [5, 5.41) is 42.0. The molecule has 722 valence electrons. The van der Waals surface area contributed by atoms with Crippen molar-refractivity contribution in [1.29, 1.82) is 0 Å². The number of hydrogen-bond acceptors (Lipinski definition) is 20. The number of anilines is 6. The zero-order valence-electron chi connectivity index (χ0n) is 81.0. The van der Waals surface area contributed by atoms with E-state index in [0.29, 0.717) is 95.2 Å². The number of fused-ring (bicyclic) bond motifs is 10. The maximum Gasteiger partial charge on any atom is 0.228 e. The molecule has 8 atom stereocenters. The van der Waals surface area contributed by atoms with Crippen LogP contribution in [0.15, 0.2) is 231 Å². The van der Waals surface area contributed by atoms with E-state index >= 15 is 0 Å². The maximum absolute atomic E-state index is 14.4. The Morgan fingerprint density at radius 3 is 1.19 bits per heavy atom. The summed E-state index contributed by atoms with van der Waals surface area (Å²) >= 11 is 0. The summed E-state index contributed by atoms with van der Waals surface area (Å²) in [6.07, 6.45) is 2.20. The Hall–Kier alpha value is -13.9. The third kappa shape index (κ3) is 25.3. The number of nitrogens with two attached hydrogens (primary N) is 4. The molecule has 4 amide bonds. The Labute approximate surface area is 808 Å². The normalized spacial score (nSPS) is 15.5. The molecule has 0 saturated heterocycles. The zero-order chi connectivity index (χ0) is 99.1. The number of aliphatic hydroxyl groups excluding tert-OH is 2. The molecule has 0 saturated carbocycles. The highest BCUT2D eigenvalue weighted by atomic mass is 16.5. The Morgan fingerprint density at radius 1 is 0.399 bits per heavy atom. The highest BCUT2D eigenvalue weighted by Crippen LogP contribution is 2.58. The summed E-state index contributed by atoms with van der Waals surface area (Å²) in [5.41, 5.74) is 39.0. The number of phenols is 1. The molecule has 4 aliphatic rings. The second-order valence-corrected chi connectivity index (χ2v) is 39.6. The van der Waals surface area contributed by atoms with E-state index in [-0.39, 0.29) is 145 Å². The largest absolute Gasteiger partial charge is 0.508 e. The van der Waals surface area contributed by atoms with Gasteiger partial charge in [-0.25, -0.2) is 0 Å². The minimum Gasteiger partial charge on any atom is -0.508 e. The predicted molar refractivity (Wildman–Crippen MR) is 539 cm³/mol. The molecule has 11 aromatic rings. The summed E-state index contributed by atoms with van der Waals surface area (Å²) < 4.78 is 31.6. The Morgan fingerprint density at radius 2 is 0.761 bits per heavy atom. The number of phenolic OH excluding ortho intramolecular Hbond substituents is 1.